The van der Waals surface area contributed by atoms with Crippen LogP contribution < -0.4 is 5.73 Å². The zero-order valence-electron chi connectivity index (χ0n) is 9.86. The molecular weight excluding hydrogens is 278 g/mol. The molecule has 0 bridgehead atoms. The van der Waals surface area contributed by atoms with E-state index in [2.05, 4.69) is 43.8 Å². The first-order valence-electron chi connectivity index (χ1n) is 5.66. The topological polar surface area (TPSA) is 43.8 Å². The molecule has 0 aliphatic carbocycles. The lowest BCUT2D eigenvalue weighted by atomic mass is 10.2. The maximum absolute atomic E-state index is 5.54. The van der Waals surface area contributed by atoms with E-state index in [1.807, 2.05) is 19.1 Å². The van der Waals surface area contributed by atoms with Crippen LogP contribution in [0.15, 0.2) is 34.9 Å². The molecule has 2 aromatic rings. The second-order valence-corrected chi connectivity index (χ2v) is 4.99. The minimum absolute atomic E-state index is 0.646. The van der Waals surface area contributed by atoms with Gasteiger partial charge in [-0.05, 0) is 31.2 Å². The Hall–Kier alpha value is -1.13. The van der Waals surface area contributed by atoms with E-state index in [-0.39, 0.29) is 0 Å². The van der Waals surface area contributed by atoms with Crippen molar-refractivity contribution >= 4 is 15.9 Å². The van der Waals surface area contributed by atoms with Gasteiger partial charge in [0.2, 0.25) is 0 Å². The van der Waals surface area contributed by atoms with E-state index in [1.165, 1.54) is 5.56 Å². The Labute approximate surface area is 110 Å². The Morgan fingerprint density at radius 1 is 1.41 bits per heavy atom. The van der Waals surface area contributed by atoms with Crippen LogP contribution in [0.3, 0.4) is 0 Å². The molecule has 90 valence electrons. The molecule has 0 atom stereocenters. The van der Waals surface area contributed by atoms with Crippen molar-refractivity contribution in [3.63, 3.8) is 0 Å². The van der Waals surface area contributed by atoms with Crippen molar-refractivity contribution in [2.45, 2.75) is 19.9 Å². The molecule has 17 heavy (non-hydrogen) atoms. The molecule has 1 heterocycles. The van der Waals surface area contributed by atoms with Crippen molar-refractivity contribution in [3.8, 4) is 0 Å². The number of hydrogen-bond acceptors (Lipinski definition) is 2. The smallest absolute Gasteiger partial charge is 0.106 e. The third-order valence-corrected chi connectivity index (χ3v) is 3.16. The van der Waals surface area contributed by atoms with E-state index in [0.717, 1.165) is 29.0 Å². The minimum atomic E-state index is 0.646. The molecule has 0 aliphatic rings. The van der Waals surface area contributed by atoms with Crippen LogP contribution in [0.5, 0.6) is 0 Å². The number of nitrogens with two attached hydrogens (primary N) is 1. The van der Waals surface area contributed by atoms with E-state index in [9.17, 15) is 0 Å². The maximum atomic E-state index is 5.54. The minimum Gasteiger partial charge on any atom is -0.330 e. The van der Waals surface area contributed by atoms with Crippen LogP contribution in [0.25, 0.3) is 0 Å². The quantitative estimate of drug-likeness (QED) is 0.941. The summed E-state index contributed by atoms with van der Waals surface area (Å²) in [4.78, 5) is 4.49. The third kappa shape index (κ3) is 3.17. The normalized spacial score (nSPS) is 10.8. The summed E-state index contributed by atoms with van der Waals surface area (Å²) >= 11 is 3.48. The predicted molar refractivity (Wildman–Crippen MR) is 73.0 cm³/mol. The molecule has 0 radical (unpaired) electrons. The van der Waals surface area contributed by atoms with Gasteiger partial charge in [-0.25, -0.2) is 4.98 Å². The first-order chi connectivity index (χ1) is 8.19. The lowest BCUT2D eigenvalue weighted by Gasteiger charge is -2.05. The van der Waals surface area contributed by atoms with E-state index in [0.29, 0.717) is 6.54 Å². The second-order valence-electron chi connectivity index (χ2n) is 4.08. The fourth-order valence-electron chi connectivity index (χ4n) is 1.83. The van der Waals surface area contributed by atoms with Crippen LogP contribution in [0.1, 0.15) is 17.1 Å². The zero-order chi connectivity index (χ0) is 12.3. The van der Waals surface area contributed by atoms with Crippen LogP contribution in [0.2, 0.25) is 0 Å². The van der Waals surface area contributed by atoms with Gasteiger partial charge in [0.25, 0.3) is 0 Å². The molecule has 0 spiro atoms. The van der Waals surface area contributed by atoms with Gasteiger partial charge in [-0.1, -0.05) is 28.1 Å². The first kappa shape index (κ1) is 12.3. The summed E-state index contributed by atoms with van der Waals surface area (Å²) < 4.78 is 3.27. The number of benzene rings is 1. The molecule has 0 saturated heterocycles. The average molecular weight is 294 g/mol. The van der Waals surface area contributed by atoms with E-state index in [4.69, 9.17) is 5.73 Å². The van der Waals surface area contributed by atoms with Gasteiger partial charge >= 0.3 is 0 Å². The fraction of sp³-hybridized carbons (Fsp3) is 0.308. The summed E-state index contributed by atoms with van der Waals surface area (Å²) in [5.74, 6) is 1.04. The molecule has 3 nitrogen and oxygen atoms in total. The molecule has 0 fully saturated rings. The van der Waals surface area contributed by atoms with E-state index in [1.54, 1.807) is 0 Å². The summed E-state index contributed by atoms with van der Waals surface area (Å²) in [6.45, 7) is 3.52. The molecule has 4 heteroatoms. The number of nitrogens with zero attached hydrogens (tertiary/aromatic N) is 2. The Morgan fingerprint density at radius 2 is 2.24 bits per heavy atom. The highest BCUT2D eigenvalue weighted by Crippen LogP contribution is 2.14. The lowest BCUT2D eigenvalue weighted by Crippen LogP contribution is -2.02. The molecule has 2 rings (SSSR count). The highest BCUT2D eigenvalue weighted by atomic mass is 79.9. The molecule has 0 unspecified atom stereocenters. The number of imidazole rings is 1. The SMILES string of the molecule is Cc1nc(CCN)cn1Cc1cccc(Br)c1. The Balaban J connectivity index is 2.18. The number of rotatable bonds is 4. The van der Waals surface area contributed by atoms with Crippen molar-refractivity contribution in [1.29, 1.82) is 0 Å². The lowest BCUT2D eigenvalue weighted by molar-refractivity contribution is 0.761. The Morgan fingerprint density at radius 3 is 2.94 bits per heavy atom. The van der Waals surface area contributed by atoms with Crippen molar-refractivity contribution in [1.82, 2.24) is 9.55 Å². The van der Waals surface area contributed by atoms with Gasteiger partial charge in [0.15, 0.2) is 0 Å². The summed E-state index contributed by atoms with van der Waals surface area (Å²) in [6, 6.07) is 8.32. The molecule has 0 aliphatic heterocycles. The Bertz CT molecular complexity index is 505. The van der Waals surface area contributed by atoms with Gasteiger partial charge in [0.05, 0.1) is 5.69 Å². The van der Waals surface area contributed by atoms with Crippen LogP contribution in [0.4, 0.5) is 0 Å². The van der Waals surface area contributed by atoms with E-state index >= 15 is 0 Å². The zero-order valence-corrected chi connectivity index (χ0v) is 11.4. The second kappa shape index (κ2) is 5.47. The van der Waals surface area contributed by atoms with Gasteiger partial charge in [-0.2, -0.15) is 0 Å². The predicted octanol–water partition coefficient (Wildman–Crippen LogP) is 2.50. The van der Waals surface area contributed by atoms with Gasteiger partial charge in [0.1, 0.15) is 5.82 Å². The van der Waals surface area contributed by atoms with Gasteiger partial charge in [0, 0.05) is 23.6 Å². The number of hydrogen-bond donors (Lipinski definition) is 1. The monoisotopic (exact) mass is 293 g/mol. The highest BCUT2D eigenvalue weighted by molar-refractivity contribution is 9.10. The van der Waals surface area contributed by atoms with Gasteiger partial charge < -0.3 is 10.3 Å². The largest absolute Gasteiger partial charge is 0.330 e. The number of aromatic nitrogens is 2. The molecule has 0 amide bonds. The summed E-state index contributed by atoms with van der Waals surface area (Å²) in [5, 5.41) is 0. The maximum Gasteiger partial charge on any atom is 0.106 e. The van der Waals surface area contributed by atoms with Crippen molar-refractivity contribution < 1.29 is 0 Å². The average Bonchev–Trinajstić information content (AvgIpc) is 2.60. The standard InChI is InChI=1S/C13H16BrN3/c1-10-16-13(5-6-15)9-17(10)8-11-3-2-4-12(14)7-11/h2-4,7,9H,5-6,8,15H2,1H3. The molecule has 1 aromatic carbocycles. The summed E-state index contributed by atoms with van der Waals surface area (Å²) in [6.07, 6.45) is 2.93. The first-order valence-corrected chi connectivity index (χ1v) is 6.45. The van der Waals surface area contributed by atoms with Gasteiger partial charge in [-0.3, -0.25) is 0 Å². The Kier molecular flexibility index (Phi) is 3.97. The molecule has 2 N–H and O–H groups in total. The van der Waals surface area contributed by atoms with Crippen LogP contribution in [-0.4, -0.2) is 16.1 Å². The van der Waals surface area contributed by atoms with Crippen molar-refractivity contribution in [3.05, 3.63) is 52.0 Å². The van der Waals surface area contributed by atoms with Crippen LogP contribution >= 0.6 is 15.9 Å². The number of halogens is 1. The highest BCUT2D eigenvalue weighted by Gasteiger charge is 2.04. The molecule has 1 aromatic heterocycles. The number of aryl methyl sites for hydroxylation is 1. The van der Waals surface area contributed by atoms with Crippen LogP contribution in [-0.2, 0) is 13.0 Å². The van der Waals surface area contributed by atoms with Crippen LogP contribution in [0, 0.1) is 6.92 Å². The molecule has 0 saturated carbocycles. The van der Waals surface area contributed by atoms with E-state index < -0.39 is 0 Å². The third-order valence-electron chi connectivity index (χ3n) is 2.67. The van der Waals surface area contributed by atoms with Crippen molar-refractivity contribution in [2.75, 3.05) is 6.54 Å². The fourth-order valence-corrected chi connectivity index (χ4v) is 2.28. The van der Waals surface area contributed by atoms with Gasteiger partial charge in [-0.15, -0.1) is 0 Å². The summed E-state index contributed by atoms with van der Waals surface area (Å²) in [7, 11) is 0. The van der Waals surface area contributed by atoms with Crippen molar-refractivity contribution in [2.24, 2.45) is 5.73 Å². The summed E-state index contributed by atoms with van der Waals surface area (Å²) in [5.41, 5.74) is 7.87. The molecular formula is C13H16BrN3.